The number of carbonyl (C=O) groups excluding carboxylic acids is 1. The van der Waals surface area contributed by atoms with Gasteiger partial charge in [0, 0.05) is 10.4 Å². The molecule has 0 amide bonds. The molecule has 1 aliphatic carbocycles. The molecule has 4 aromatic rings. The predicted molar refractivity (Wildman–Crippen MR) is 135 cm³/mol. The molecular formula is C27H20N2O3S2. The lowest BCUT2D eigenvalue weighted by Crippen LogP contribution is -2.38. The molecule has 0 N–H and O–H groups in total. The second kappa shape index (κ2) is 8.34. The molecule has 0 radical (unpaired) electrons. The van der Waals surface area contributed by atoms with Gasteiger partial charge in [0.2, 0.25) is 0 Å². The average Bonchev–Trinajstić information content (AvgIpc) is 3.50. The summed E-state index contributed by atoms with van der Waals surface area (Å²) in [4.78, 5) is 32.4. The molecule has 2 aliphatic rings. The smallest absolute Gasteiger partial charge is 0.337 e. The molecule has 2 aromatic heterocycles. The van der Waals surface area contributed by atoms with Crippen molar-refractivity contribution >= 4 is 40.4 Å². The lowest BCUT2D eigenvalue weighted by molar-refractivity contribution is 0.0600. The molecule has 0 bridgehead atoms. The van der Waals surface area contributed by atoms with E-state index < -0.39 is 0 Å². The molecule has 3 heterocycles. The van der Waals surface area contributed by atoms with Crippen LogP contribution in [0.25, 0.3) is 11.8 Å². The number of rotatable bonds is 3. The topological polar surface area (TPSA) is 60.7 Å². The summed E-state index contributed by atoms with van der Waals surface area (Å²) in [6.45, 7) is 0. The van der Waals surface area contributed by atoms with Crippen molar-refractivity contribution in [3.8, 4) is 0 Å². The van der Waals surface area contributed by atoms with Crippen molar-refractivity contribution in [2.45, 2.75) is 18.9 Å². The highest BCUT2D eigenvalue weighted by Gasteiger charge is 2.32. The zero-order valence-electron chi connectivity index (χ0n) is 18.4. The predicted octanol–water partition coefficient (Wildman–Crippen LogP) is 4.17. The van der Waals surface area contributed by atoms with Crippen LogP contribution in [0, 0.1) is 0 Å². The van der Waals surface area contributed by atoms with E-state index in [1.807, 2.05) is 46.4 Å². The molecule has 0 fully saturated rings. The van der Waals surface area contributed by atoms with E-state index in [1.165, 1.54) is 24.0 Å². The Hall–Kier alpha value is -3.55. The standard InChI is InChI=1S/C27H20N2O3S2/c1-32-26(31)18-10-8-17(9-11-18)24-21-13-12-16-5-2-3-7-20(16)23(21)28-27-29(24)25(30)22(34-27)15-19-6-4-14-33-19/h2-11,14-15,24H,12-13H2,1H3/b22-15+/t24-/m0/s1. The normalized spacial score (nSPS) is 17.0. The van der Waals surface area contributed by atoms with Gasteiger partial charge >= 0.3 is 5.97 Å². The Morgan fingerprint density at radius 3 is 2.68 bits per heavy atom. The van der Waals surface area contributed by atoms with Crippen LogP contribution in [0.2, 0.25) is 0 Å². The molecule has 1 aliphatic heterocycles. The Bertz CT molecular complexity index is 1620. The van der Waals surface area contributed by atoms with Crippen molar-refractivity contribution in [2.75, 3.05) is 7.11 Å². The molecule has 6 rings (SSSR count). The molecule has 2 aromatic carbocycles. The van der Waals surface area contributed by atoms with Crippen molar-refractivity contribution in [2.24, 2.45) is 4.99 Å². The minimum absolute atomic E-state index is 0.0374. The van der Waals surface area contributed by atoms with Crippen molar-refractivity contribution in [3.05, 3.63) is 118 Å². The van der Waals surface area contributed by atoms with Gasteiger partial charge in [-0.3, -0.25) is 9.36 Å². The number of nitrogens with zero attached hydrogens (tertiary/aromatic N) is 2. The quantitative estimate of drug-likeness (QED) is 0.410. The number of fused-ring (bicyclic) bond motifs is 3. The summed E-state index contributed by atoms with van der Waals surface area (Å²) in [6, 6.07) is 19.5. The summed E-state index contributed by atoms with van der Waals surface area (Å²) in [6.07, 6.45) is 3.68. The number of carbonyl (C=O) groups is 1. The number of thiophene rings is 1. The first kappa shape index (κ1) is 21.0. The van der Waals surface area contributed by atoms with Crippen LogP contribution in [-0.2, 0) is 11.2 Å². The SMILES string of the molecule is COC(=O)c1ccc([C@H]2C3=C(N=c4s/c(=C/c5cccs5)c(=O)n42)c2ccccc2CC3)cc1. The molecule has 7 heteroatoms. The summed E-state index contributed by atoms with van der Waals surface area (Å²) >= 11 is 3.03. The van der Waals surface area contributed by atoms with Gasteiger partial charge in [0.25, 0.3) is 5.56 Å². The van der Waals surface area contributed by atoms with E-state index >= 15 is 0 Å². The molecule has 168 valence electrons. The Labute approximate surface area is 203 Å². The van der Waals surface area contributed by atoms with Crippen LogP contribution in [0.5, 0.6) is 0 Å². The number of benzene rings is 2. The van der Waals surface area contributed by atoms with Crippen LogP contribution in [0.3, 0.4) is 0 Å². The number of aryl methyl sites for hydroxylation is 1. The third-order valence-electron chi connectivity index (χ3n) is 6.34. The summed E-state index contributed by atoms with van der Waals surface area (Å²) in [7, 11) is 1.37. The van der Waals surface area contributed by atoms with Crippen LogP contribution in [0.15, 0.2) is 81.4 Å². The zero-order valence-corrected chi connectivity index (χ0v) is 20.0. The second-order valence-corrected chi connectivity index (χ2v) is 10.2. The van der Waals surface area contributed by atoms with Gasteiger partial charge in [-0.05, 0) is 59.2 Å². The van der Waals surface area contributed by atoms with Crippen molar-refractivity contribution < 1.29 is 9.53 Å². The fraction of sp³-hybridized carbons (Fsp3) is 0.148. The number of aromatic nitrogens is 1. The molecule has 34 heavy (non-hydrogen) atoms. The fourth-order valence-electron chi connectivity index (χ4n) is 4.74. The summed E-state index contributed by atoms with van der Waals surface area (Å²) in [5.74, 6) is -0.377. The van der Waals surface area contributed by atoms with E-state index in [0.717, 1.165) is 40.1 Å². The molecule has 0 saturated heterocycles. The van der Waals surface area contributed by atoms with Crippen LogP contribution in [0.1, 0.15) is 44.4 Å². The van der Waals surface area contributed by atoms with E-state index in [0.29, 0.717) is 14.9 Å². The van der Waals surface area contributed by atoms with Crippen molar-refractivity contribution in [1.82, 2.24) is 4.57 Å². The van der Waals surface area contributed by atoms with Gasteiger partial charge in [-0.25, -0.2) is 9.79 Å². The first-order chi connectivity index (χ1) is 16.6. The summed E-state index contributed by atoms with van der Waals surface area (Å²) < 4.78 is 7.35. The number of allylic oxidation sites excluding steroid dienone is 1. The summed E-state index contributed by atoms with van der Waals surface area (Å²) in [5.41, 5.74) is 5.92. The number of hydrogen-bond donors (Lipinski definition) is 0. The number of ether oxygens (including phenoxy) is 1. The van der Waals surface area contributed by atoms with E-state index in [2.05, 4.69) is 18.2 Å². The Kier molecular flexibility index (Phi) is 5.16. The highest BCUT2D eigenvalue weighted by molar-refractivity contribution is 7.11. The van der Waals surface area contributed by atoms with E-state index in [4.69, 9.17) is 9.73 Å². The Morgan fingerprint density at radius 1 is 1.09 bits per heavy atom. The molecule has 1 atom stereocenters. The number of hydrogen-bond acceptors (Lipinski definition) is 6. The monoisotopic (exact) mass is 484 g/mol. The largest absolute Gasteiger partial charge is 0.465 e. The van der Waals surface area contributed by atoms with Gasteiger partial charge in [-0.2, -0.15) is 0 Å². The average molecular weight is 485 g/mol. The fourth-order valence-corrected chi connectivity index (χ4v) is 6.47. The van der Waals surface area contributed by atoms with Gasteiger partial charge in [-0.1, -0.05) is 53.8 Å². The van der Waals surface area contributed by atoms with Crippen LogP contribution in [-0.4, -0.2) is 17.6 Å². The van der Waals surface area contributed by atoms with E-state index in [-0.39, 0.29) is 17.6 Å². The number of methoxy groups -OCH3 is 1. The lowest BCUT2D eigenvalue weighted by Gasteiger charge is -2.30. The van der Waals surface area contributed by atoms with Crippen LogP contribution in [0.4, 0.5) is 0 Å². The summed E-state index contributed by atoms with van der Waals surface area (Å²) in [5, 5.41) is 2.00. The maximum absolute atomic E-state index is 13.7. The first-order valence-electron chi connectivity index (χ1n) is 11.0. The van der Waals surface area contributed by atoms with Crippen molar-refractivity contribution in [1.29, 1.82) is 0 Å². The first-order valence-corrected chi connectivity index (χ1v) is 12.7. The van der Waals surface area contributed by atoms with Crippen molar-refractivity contribution in [3.63, 3.8) is 0 Å². The molecule has 0 spiro atoms. The second-order valence-electron chi connectivity index (χ2n) is 8.24. The maximum atomic E-state index is 13.7. The number of thiazole rings is 1. The Balaban J connectivity index is 1.60. The van der Waals surface area contributed by atoms with Gasteiger partial charge in [-0.15, -0.1) is 11.3 Å². The van der Waals surface area contributed by atoms with Gasteiger partial charge < -0.3 is 4.74 Å². The van der Waals surface area contributed by atoms with E-state index in [9.17, 15) is 9.59 Å². The third kappa shape index (κ3) is 3.40. The van der Waals surface area contributed by atoms with Gasteiger partial charge in [0.05, 0.1) is 28.9 Å². The minimum Gasteiger partial charge on any atom is -0.465 e. The highest BCUT2D eigenvalue weighted by atomic mass is 32.1. The van der Waals surface area contributed by atoms with Crippen LogP contribution < -0.4 is 14.9 Å². The zero-order chi connectivity index (χ0) is 23.2. The van der Waals surface area contributed by atoms with Gasteiger partial charge in [0.1, 0.15) is 0 Å². The van der Waals surface area contributed by atoms with Crippen LogP contribution >= 0.6 is 22.7 Å². The third-order valence-corrected chi connectivity index (χ3v) is 8.14. The highest BCUT2D eigenvalue weighted by Crippen LogP contribution is 2.41. The molecular weight excluding hydrogens is 464 g/mol. The molecule has 5 nitrogen and oxygen atoms in total. The number of esters is 1. The molecule has 0 unspecified atom stereocenters. The van der Waals surface area contributed by atoms with Gasteiger partial charge in [0.15, 0.2) is 4.80 Å². The minimum atomic E-state index is -0.377. The van der Waals surface area contributed by atoms with E-state index in [1.54, 1.807) is 23.5 Å². The molecule has 0 saturated carbocycles. The Morgan fingerprint density at radius 2 is 1.91 bits per heavy atom. The lowest BCUT2D eigenvalue weighted by atomic mass is 9.83. The maximum Gasteiger partial charge on any atom is 0.337 e.